The maximum atomic E-state index is 12.8. The predicted octanol–water partition coefficient (Wildman–Crippen LogP) is 2.90. The molecule has 0 aromatic heterocycles. The Balaban J connectivity index is 2.03. The molecule has 2 rings (SSSR count). The third-order valence-corrected chi connectivity index (χ3v) is 4.22. The van der Waals surface area contributed by atoms with Crippen LogP contribution in [-0.4, -0.2) is 48.2 Å². The SMILES string of the molecule is COC(=O)C(C)CN(CC(C)O)C(=O)c1ccc(OCc2ccccc2)cc1. The van der Waals surface area contributed by atoms with E-state index in [1.54, 1.807) is 38.1 Å². The van der Waals surface area contributed by atoms with Crippen LogP contribution in [0.3, 0.4) is 0 Å². The second kappa shape index (κ2) is 10.5. The van der Waals surface area contributed by atoms with Gasteiger partial charge in [-0.25, -0.2) is 0 Å². The topological polar surface area (TPSA) is 76.1 Å². The highest BCUT2D eigenvalue weighted by molar-refractivity contribution is 5.94. The van der Waals surface area contributed by atoms with Crippen LogP contribution in [0, 0.1) is 5.92 Å². The van der Waals surface area contributed by atoms with E-state index in [1.807, 2.05) is 30.3 Å². The summed E-state index contributed by atoms with van der Waals surface area (Å²) in [6.45, 7) is 4.03. The van der Waals surface area contributed by atoms with E-state index >= 15 is 0 Å². The number of hydrogen-bond donors (Lipinski definition) is 1. The highest BCUT2D eigenvalue weighted by atomic mass is 16.5. The normalized spacial score (nSPS) is 12.7. The summed E-state index contributed by atoms with van der Waals surface area (Å²) in [5, 5.41) is 9.72. The number of rotatable bonds is 9. The van der Waals surface area contributed by atoms with E-state index in [4.69, 9.17) is 9.47 Å². The average molecular weight is 385 g/mol. The van der Waals surface area contributed by atoms with Crippen molar-refractivity contribution < 1.29 is 24.2 Å². The number of hydrogen-bond acceptors (Lipinski definition) is 5. The van der Waals surface area contributed by atoms with Gasteiger partial charge in [-0.15, -0.1) is 0 Å². The summed E-state index contributed by atoms with van der Waals surface area (Å²) in [7, 11) is 1.31. The first-order valence-electron chi connectivity index (χ1n) is 9.22. The number of carbonyl (C=O) groups is 2. The van der Waals surface area contributed by atoms with Crippen LogP contribution in [0.1, 0.15) is 29.8 Å². The zero-order valence-corrected chi connectivity index (χ0v) is 16.5. The van der Waals surface area contributed by atoms with Gasteiger partial charge in [-0.3, -0.25) is 9.59 Å². The smallest absolute Gasteiger partial charge is 0.310 e. The van der Waals surface area contributed by atoms with Gasteiger partial charge in [0.25, 0.3) is 5.91 Å². The van der Waals surface area contributed by atoms with Gasteiger partial charge < -0.3 is 19.5 Å². The quantitative estimate of drug-likeness (QED) is 0.672. The summed E-state index contributed by atoms with van der Waals surface area (Å²) in [5.74, 6) is -0.481. The monoisotopic (exact) mass is 385 g/mol. The minimum Gasteiger partial charge on any atom is -0.489 e. The van der Waals surface area contributed by atoms with Crippen molar-refractivity contribution in [1.82, 2.24) is 4.90 Å². The van der Waals surface area contributed by atoms with E-state index in [-0.39, 0.29) is 19.0 Å². The van der Waals surface area contributed by atoms with Crippen molar-refractivity contribution >= 4 is 11.9 Å². The molecule has 6 nitrogen and oxygen atoms in total. The number of aliphatic hydroxyl groups excluding tert-OH is 1. The molecule has 28 heavy (non-hydrogen) atoms. The maximum absolute atomic E-state index is 12.8. The van der Waals surface area contributed by atoms with Crippen molar-refractivity contribution in [2.45, 2.75) is 26.6 Å². The van der Waals surface area contributed by atoms with Gasteiger partial charge in [-0.1, -0.05) is 37.3 Å². The Labute approximate surface area is 165 Å². The van der Waals surface area contributed by atoms with E-state index in [9.17, 15) is 14.7 Å². The first kappa shape index (κ1) is 21.4. The molecule has 0 aliphatic heterocycles. The van der Waals surface area contributed by atoms with Crippen LogP contribution in [0.25, 0.3) is 0 Å². The van der Waals surface area contributed by atoms with Crippen molar-refractivity contribution in [1.29, 1.82) is 0 Å². The fraction of sp³-hybridized carbons (Fsp3) is 0.364. The number of methoxy groups -OCH3 is 1. The third kappa shape index (κ3) is 6.39. The van der Waals surface area contributed by atoms with Gasteiger partial charge in [-0.2, -0.15) is 0 Å². The van der Waals surface area contributed by atoms with Crippen LogP contribution < -0.4 is 4.74 Å². The van der Waals surface area contributed by atoms with E-state index in [1.165, 1.54) is 12.0 Å². The Kier molecular flexibility index (Phi) is 8.02. The molecule has 0 aliphatic carbocycles. The lowest BCUT2D eigenvalue weighted by Gasteiger charge is -2.26. The Morgan fingerprint density at radius 3 is 2.21 bits per heavy atom. The summed E-state index contributed by atoms with van der Waals surface area (Å²) in [6.07, 6.45) is -0.706. The molecule has 1 N–H and O–H groups in total. The van der Waals surface area contributed by atoms with Crippen LogP contribution >= 0.6 is 0 Å². The van der Waals surface area contributed by atoms with Gasteiger partial charge in [0.05, 0.1) is 19.1 Å². The number of benzene rings is 2. The number of nitrogens with zero attached hydrogens (tertiary/aromatic N) is 1. The van der Waals surface area contributed by atoms with Gasteiger partial charge in [0.15, 0.2) is 0 Å². The van der Waals surface area contributed by atoms with Crippen molar-refractivity contribution in [2.24, 2.45) is 5.92 Å². The standard InChI is InChI=1S/C22H27NO5/c1-16(22(26)27-3)13-23(14-17(2)24)21(25)19-9-11-20(12-10-19)28-15-18-7-5-4-6-8-18/h4-12,16-17,24H,13-15H2,1-3H3. The predicted molar refractivity (Wildman–Crippen MR) is 106 cm³/mol. The molecule has 1 amide bonds. The summed E-state index contributed by atoms with van der Waals surface area (Å²) >= 11 is 0. The van der Waals surface area contributed by atoms with Crippen molar-refractivity contribution in [3.8, 4) is 5.75 Å². The Morgan fingerprint density at radius 1 is 1.00 bits per heavy atom. The molecule has 2 aromatic carbocycles. The van der Waals surface area contributed by atoms with E-state index in [0.29, 0.717) is 17.9 Å². The molecule has 0 radical (unpaired) electrons. The molecule has 0 saturated carbocycles. The molecule has 0 fully saturated rings. The van der Waals surface area contributed by atoms with Crippen LogP contribution in [0.5, 0.6) is 5.75 Å². The van der Waals surface area contributed by atoms with Crippen LogP contribution in [0.15, 0.2) is 54.6 Å². The summed E-state index contributed by atoms with van der Waals surface area (Å²) < 4.78 is 10.5. The van der Waals surface area contributed by atoms with E-state index < -0.39 is 18.0 Å². The highest BCUT2D eigenvalue weighted by Crippen LogP contribution is 2.16. The molecule has 0 spiro atoms. The molecule has 0 saturated heterocycles. The number of esters is 1. The first-order chi connectivity index (χ1) is 13.4. The maximum Gasteiger partial charge on any atom is 0.310 e. The Hall–Kier alpha value is -2.86. The van der Waals surface area contributed by atoms with Crippen LogP contribution in [0.2, 0.25) is 0 Å². The average Bonchev–Trinajstić information content (AvgIpc) is 2.71. The molecule has 150 valence electrons. The van der Waals surface area contributed by atoms with Gasteiger partial charge in [-0.05, 0) is 36.8 Å². The second-order valence-corrected chi connectivity index (χ2v) is 6.78. The fourth-order valence-corrected chi connectivity index (χ4v) is 2.78. The van der Waals surface area contributed by atoms with Crippen molar-refractivity contribution in [2.75, 3.05) is 20.2 Å². The van der Waals surface area contributed by atoms with Gasteiger partial charge in [0.1, 0.15) is 12.4 Å². The largest absolute Gasteiger partial charge is 0.489 e. The highest BCUT2D eigenvalue weighted by Gasteiger charge is 2.23. The lowest BCUT2D eigenvalue weighted by atomic mass is 10.1. The second-order valence-electron chi connectivity index (χ2n) is 6.78. The van der Waals surface area contributed by atoms with Crippen molar-refractivity contribution in [3.05, 3.63) is 65.7 Å². The minimum atomic E-state index is -0.706. The number of ether oxygens (including phenoxy) is 2. The lowest BCUT2D eigenvalue weighted by molar-refractivity contribution is -0.145. The lowest BCUT2D eigenvalue weighted by Crippen LogP contribution is -2.41. The summed E-state index contributed by atoms with van der Waals surface area (Å²) in [4.78, 5) is 26.0. The third-order valence-electron chi connectivity index (χ3n) is 4.22. The van der Waals surface area contributed by atoms with Gasteiger partial charge in [0.2, 0.25) is 0 Å². The Morgan fingerprint density at radius 2 is 1.64 bits per heavy atom. The fourth-order valence-electron chi connectivity index (χ4n) is 2.78. The number of aliphatic hydroxyl groups is 1. The first-order valence-corrected chi connectivity index (χ1v) is 9.22. The van der Waals surface area contributed by atoms with Crippen LogP contribution in [-0.2, 0) is 16.1 Å². The van der Waals surface area contributed by atoms with Gasteiger partial charge >= 0.3 is 5.97 Å². The minimum absolute atomic E-state index is 0.131. The van der Waals surface area contributed by atoms with E-state index in [2.05, 4.69) is 0 Å². The summed E-state index contributed by atoms with van der Waals surface area (Å²) in [6, 6.07) is 16.6. The van der Waals surface area contributed by atoms with Gasteiger partial charge in [0, 0.05) is 18.7 Å². The zero-order valence-electron chi connectivity index (χ0n) is 16.5. The number of carbonyl (C=O) groups excluding carboxylic acids is 2. The molecule has 0 heterocycles. The molecular weight excluding hydrogens is 358 g/mol. The van der Waals surface area contributed by atoms with Crippen molar-refractivity contribution in [3.63, 3.8) is 0 Å². The number of amides is 1. The molecule has 2 unspecified atom stereocenters. The Bertz CT molecular complexity index is 758. The molecule has 2 atom stereocenters. The molecule has 0 bridgehead atoms. The van der Waals surface area contributed by atoms with Crippen LogP contribution in [0.4, 0.5) is 0 Å². The molecule has 2 aromatic rings. The molecular formula is C22H27NO5. The molecule has 0 aliphatic rings. The molecule has 6 heteroatoms. The zero-order chi connectivity index (χ0) is 20.5. The van der Waals surface area contributed by atoms with E-state index in [0.717, 1.165) is 5.56 Å². The summed E-state index contributed by atoms with van der Waals surface area (Å²) in [5.41, 5.74) is 1.52.